The molecule has 7 nitrogen and oxygen atoms in total. The Bertz CT molecular complexity index is 1120. The van der Waals surface area contributed by atoms with E-state index in [1.54, 1.807) is 0 Å². The van der Waals surface area contributed by atoms with Gasteiger partial charge in [-0.25, -0.2) is 0 Å². The standard InChI is InChI=1S/C31H42O7S2/c1-7-10-35-26-19(5)37-25(12-24(26)38-28(39)40-6)36-16-30-14-21-18(4)8-9-22(21)29(15-32)13-20(30)11-23(17(2)3)31(29,30)27(33)34/h1,11,15,17-22,24-26H,8-10,12-14,16H2,2-6H3,(H,33,34)/t18?,19-,20?,21?,22?,24+,25-,26-,29?,30?,31?/m1/s1. The molecule has 1 saturated heterocycles. The Morgan fingerprint density at radius 2 is 2.08 bits per heavy atom. The summed E-state index contributed by atoms with van der Waals surface area (Å²) in [6.07, 6.45) is 12.3. The fraction of sp³-hybridized carbons (Fsp3) is 0.774. The molecule has 7 unspecified atom stereocenters. The van der Waals surface area contributed by atoms with E-state index in [9.17, 15) is 14.7 Å². The van der Waals surface area contributed by atoms with Gasteiger partial charge in [0.05, 0.1) is 18.1 Å². The first-order chi connectivity index (χ1) is 19.0. The topological polar surface area (TPSA) is 91.3 Å². The van der Waals surface area contributed by atoms with Crippen molar-refractivity contribution >= 4 is 40.6 Å². The lowest BCUT2D eigenvalue weighted by Crippen LogP contribution is -2.64. The Balaban J connectivity index is 1.48. The van der Waals surface area contributed by atoms with Crippen LogP contribution in [0.4, 0.5) is 0 Å². The van der Waals surface area contributed by atoms with Crippen molar-refractivity contribution in [1.82, 2.24) is 0 Å². The number of hydrogen-bond donors (Lipinski definition) is 1. The second-order valence-electron chi connectivity index (χ2n) is 12.9. The molecule has 5 aliphatic rings. The largest absolute Gasteiger partial charge is 0.481 e. The quantitative estimate of drug-likeness (QED) is 0.170. The van der Waals surface area contributed by atoms with Crippen molar-refractivity contribution in [3.8, 4) is 12.3 Å². The second-order valence-corrected chi connectivity index (χ2v) is 14.3. The molecule has 0 aromatic rings. The molecule has 0 aromatic heterocycles. The molecule has 9 heteroatoms. The molecule has 40 heavy (non-hydrogen) atoms. The van der Waals surface area contributed by atoms with Crippen molar-refractivity contribution in [2.45, 2.75) is 84.4 Å². The summed E-state index contributed by atoms with van der Waals surface area (Å²) < 4.78 is 25.2. The SMILES string of the molecule is C#CCO[C@H]1[C@@H](OC(=S)SC)C[C@H](OCC23CC4C(C)CCC4C4(C=O)CC2C=C(C(C)C)C43C(=O)O)O[C@@H]1C. The van der Waals surface area contributed by atoms with Gasteiger partial charge in [-0.1, -0.05) is 56.5 Å². The van der Waals surface area contributed by atoms with Crippen LogP contribution in [0.2, 0.25) is 0 Å². The Kier molecular flexibility index (Phi) is 8.26. The smallest absolute Gasteiger partial charge is 0.315 e. The number of fused-ring (bicyclic) bond motifs is 2. The van der Waals surface area contributed by atoms with Gasteiger partial charge in [-0.05, 0) is 74.2 Å². The summed E-state index contributed by atoms with van der Waals surface area (Å²) in [7, 11) is 0. The molecule has 0 radical (unpaired) electrons. The Morgan fingerprint density at radius 3 is 2.70 bits per heavy atom. The monoisotopic (exact) mass is 590 g/mol. The molecule has 11 atom stereocenters. The molecular formula is C31H42O7S2. The molecule has 5 rings (SSSR count). The normalized spacial score (nSPS) is 45.1. The zero-order valence-corrected chi connectivity index (χ0v) is 25.7. The number of thiocarbonyl (C=S) groups is 1. The lowest BCUT2D eigenvalue weighted by molar-refractivity contribution is -0.266. The molecule has 220 valence electrons. The summed E-state index contributed by atoms with van der Waals surface area (Å²) in [5.74, 6) is 2.43. The maximum atomic E-state index is 13.6. The van der Waals surface area contributed by atoms with Crippen molar-refractivity contribution < 1.29 is 33.6 Å². The van der Waals surface area contributed by atoms with Gasteiger partial charge in [-0.2, -0.15) is 0 Å². The predicted octanol–water partition coefficient (Wildman–Crippen LogP) is 5.11. The van der Waals surface area contributed by atoms with Gasteiger partial charge in [-0.15, -0.1) is 6.42 Å². The molecule has 3 saturated carbocycles. The first-order valence-electron chi connectivity index (χ1n) is 14.5. The lowest BCUT2D eigenvalue weighted by atomic mass is 9.43. The van der Waals surface area contributed by atoms with Gasteiger partial charge in [0.15, 0.2) is 6.29 Å². The van der Waals surface area contributed by atoms with Crippen LogP contribution in [0.25, 0.3) is 0 Å². The lowest BCUT2D eigenvalue weighted by Gasteiger charge is -2.58. The first-order valence-corrected chi connectivity index (χ1v) is 16.1. The Hall–Kier alpha value is -1.44. The van der Waals surface area contributed by atoms with Crippen LogP contribution in [0.5, 0.6) is 0 Å². The minimum atomic E-state index is -1.28. The average Bonchev–Trinajstić information content (AvgIpc) is 3.49. The van der Waals surface area contributed by atoms with Crippen LogP contribution in [0, 0.1) is 58.2 Å². The van der Waals surface area contributed by atoms with Crippen LogP contribution in [0.3, 0.4) is 0 Å². The van der Waals surface area contributed by atoms with Crippen LogP contribution >= 0.6 is 24.0 Å². The fourth-order valence-electron chi connectivity index (χ4n) is 9.66. The highest BCUT2D eigenvalue weighted by Gasteiger charge is 2.84. The summed E-state index contributed by atoms with van der Waals surface area (Å²) in [6, 6.07) is 0. The number of carbonyl (C=O) groups is 2. The van der Waals surface area contributed by atoms with E-state index in [0.717, 1.165) is 31.1 Å². The fourth-order valence-corrected chi connectivity index (χ4v) is 10.00. The van der Waals surface area contributed by atoms with Gasteiger partial charge in [0.25, 0.3) is 0 Å². The molecule has 0 spiro atoms. The van der Waals surface area contributed by atoms with E-state index in [1.807, 2.05) is 27.0 Å². The highest BCUT2D eigenvalue weighted by atomic mass is 32.2. The minimum Gasteiger partial charge on any atom is -0.481 e. The molecule has 0 amide bonds. The van der Waals surface area contributed by atoms with Gasteiger partial charge in [0.1, 0.15) is 30.5 Å². The number of hydrogen-bond acceptors (Lipinski definition) is 8. The van der Waals surface area contributed by atoms with E-state index in [2.05, 4.69) is 18.9 Å². The zero-order valence-electron chi connectivity index (χ0n) is 24.1. The molecule has 4 fully saturated rings. The maximum absolute atomic E-state index is 13.6. The average molecular weight is 591 g/mol. The second kappa shape index (κ2) is 11.0. The number of carbonyl (C=O) groups excluding carboxylic acids is 1. The Labute approximate surface area is 247 Å². The third-order valence-electron chi connectivity index (χ3n) is 11.0. The molecule has 1 aliphatic heterocycles. The van der Waals surface area contributed by atoms with Crippen molar-refractivity contribution in [2.24, 2.45) is 45.8 Å². The van der Waals surface area contributed by atoms with Crippen LogP contribution in [-0.2, 0) is 28.5 Å². The van der Waals surface area contributed by atoms with E-state index in [4.69, 9.17) is 37.6 Å². The van der Waals surface area contributed by atoms with Gasteiger partial charge in [0, 0.05) is 11.8 Å². The molecule has 4 aliphatic carbocycles. The predicted molar refractivity (Wildman–Crippen MR) is 156 cm³/mol. The van der Waals surface area contributed by atoms with Crippen molar-refractivity contribution in [3.63, 3.8) is 0 Å². The highest BCUT2D eigenvalue weighted by molar-refractivity contribution is 8.22. The van der Waals surface area contributed by atoms with Gasteiger partial charge >= 0.3 is 5.97 Å². The van der Waals surface area contributed by atoms with Crippen LogP contribution in [0.1, 0.15) is 59.8 Å². The number of thioether (sulfide) groups is 1. The van der Waals surface area contributed by atoms with Crippen LogP contribution in [-0.4, -0.2) is 65.8 Å². The van der Waals surface area contributed by atoms with E-state index >= 15 is 0 Å². The summed E-state index contributed by atoms with van der Waals surface area (Å²) >= 11 is 6.69. The minimum absolute atomic E-state index is 0.0147. The Morgan fingerprint density at radius 1 is 1.32 bits per heavy atom. The van der Waals surface area contributed by atoms with Crippen LogP contribution in [0.15, 0.2) is 11.6 Å². The number of rotatable bonds is 9. The summed E-state index contributed by atoms with van der Waals surface area (Å²) in [5.41, 5.74) is -2.01. The van der Waals surface area contributed by atoms with E-state index in [0.29, 0.717) is 29.1 Å². The van der Waals surface area contributed by atoms with E-state index in [-0.39, 0.29) is 37.1 Å². The number of terminal acetylenes is 1. The molecule has 1 heterocycles. The number of carboxylic acid groups (broad SMARTS) is 1. The highest BCUT2D eigenvalue weighted by Crippen LogP contribution is 2.82. The van der Waals surface area contributed by atoms with E-state index in [1.165, 1.54) is 11.8 Å². The van der Waals surface area contributed by atoms with Gasteiger partial charge < -0.3 is 28.8 Å². The summed E-state index contributed by atoms with van der Waals surface area (Å²) in [5, 5.41) is 11.2. The summed E-state index contributed by atoms with van der Waals surface area (Å²) in [6.45, 7) is 8.58. The number of ether oxygens (including phenoxy) is 4. The van der Waals surface area contributed by atoms with Crippen molar-refractivity contribution in [3.05, 3.63) is 11.6 Å². The number of carboxylic acids is 1. The van der Waals surface area contributed by atoms with Gasteiger partial charge in [0.2, 0.25) is 4.38 Å². The maximum Gasteiger partial charge on any atom is 0.315 e. The molecular weight excluding hydrogens is 548 g/mol. The van der Waals surface area contributed by atoms with Crippen LogP contribution < -0.4 is 0 Å². The third kappa shape index (κ3) is 4.07. The van der Waals surface area contributed by atoms with Crippen molar-refractivity contribution in [1.29, 1.82) is 0 Å². The number of aldehydes is 1. The molecule has 1 N–H and O–H groups in total. The molecule has 4 bridgehead atoms. The zero-order chi connectivity index (χ0) is 29.0. The third-order valence-corrected chi connectivity index (χ3v) is 12.1. The van der Waals surface area contributed by atoms with Gasteiger partial charge in [-0.3, -0.25) is 4.79 Å². The summed E-state index contributed by atoms with van der Waals surface area (Å²) in [4.78, 5) is 26.9. The molecule has 0 aromatic carbocycles. The number of allylic oxidation sites excluding steroid dienone is 1. The number of aliphatic carboxylic acids is 1. The first kappa shape index (κ1) is 30.0. The van der Waals surface area contributed by atoms with E-state index < -0.39 is 40.7 Å². The van der Waals surface area contributed by atoms with Crippen molar-refractivity contribution in [2.75, 3.05) is 19.5 Å².